The van der Waals surface area contributed by atoms with E-state index in [1.54, 1.807) is 0 Å². The second kappa shape index (κ2) is 7.60. The highest BCUT2D eigenvalue weighted by Crippen LogP contribution is 2.18. The summed E-state index contributed by atoms with van der Waals surface area (Å²) in [5, 5.41) is 0.875. The largest absolute Gasteiger partial charge is 0.297 e. The molecule has 1 saturated heterocycles. The number of nitrogens with zero attached hydrogens (tertiary/aromatic N) is 2. The van der Waals surface area contributed by atoms with Crippen molar-refractivity contribution < 1.29 is 0 Å². The van der Waals surface area contributed by atoms with Gasteiger partial charge in [0.15, 0.2) is 0 Å². The molecule has 0 spiro atoms. The summed E-state index contributed by atoms with van der Waals surface area (Å²) in [6, 6.07) is 16.8. The SMILES string of the molecule is Clc1ccccc1CN1CCN(Cc2ccc(Br)cc2)CC1. The maximum atomic E-state index is 6.25. The molecular weight excluding hydrogens is 360 g/mol. The summed E-state index contributed by atoms with van der Waals surface area (Å²) >= 11 is 9.74. The molecule has 3 rings (SSSR count). The third-order valence-corrected chi connectivity index (χ3v) is 5.03. The molecular formula is C18H20BrClN2. The van der Waals surface area contributed by atoms with E-state index in [-0.39, 0.29) is 0 Å². The summed E-state index contributed by atoms with van der Waals surface area (Å²) in [4.78, 5) is 5.01. The average Bonchev–Trinajstić information content (AvgIpc) is 2.54. The Hall–Kier alpha value is -0.870. The van der Waals surface area contributed by atoms with Crippen molar-refractivity contribution in [2.24, 2.45) is 0 Å². The zero-order valence-corrected chi connectivity index (χ0v) is 14.9. The molecule has 0 radical (unpaired) electrons. The van der Waals surface area contributed by atoms with E-state index < -0.39 is 0 Å². The maximum Gasteiger partial charge on any atom is 0.0451 e. The molecule has 0 atom stereocenters. The van der Waals surface area contributed by atoms with Gasteiger partial charge in [-0.3, -0.25) is 9.80 Å². The number of hydrogen-bond acceptors (Lipinski definition) is 2. The molecule has 2 aromatic carbocycles. The summed E-state index contributed by atoms with van der Waals surface area (Å²) < 4.78 is 1.14. The molecule has 22 heavy (non-hydrogen) atoms. The van der Waals surface area contributed by atoms with Gasteiger partial charge >= 0.3 is 0 Å². The van der Waals surface area contributed by atoms with Crippen LogP contribution in [0.2, 0.25) is 5.02 Å². The summed E-state index contributed by atoms with van der Waals surface area (Å²) in [6.45, 7) is 6.41. The Labute approximate surface area is 145 Å². The third-order valence-electron chi connectivity index (χ3n) is 4.14. The Kier molecular flexibility index (Phi) is 5.53. The van der Waals surface area contributed by atoms with Crippen molar-refractivity contribution in [3.8, 4) is 0 Å². The van der Waals surface area contributed by atoms with E-state index in [2.05, 4.69) is 62.1 Å². The number of halogens is 2. The van der Waals surface area contributed by atoms with E-state index in [0.717, 1.165) is 48.8 Å². The lowest BCUT2D eigenvalue weighted by atomic mass is 10.1. The van der Waals surface area contributed by atoms with Crippen molar-refractivity contribution in [1.29, 1.82) is 0 Å². The van der Waals surface area contributed by atoms with Gasteiger partial charge in [0.1, 0.15) is 0 Å². The Morgan fingerprint density at radius 1 is 0.818 bits per heavy atom. The van der Waals surface area contributed by atoms with Crippen LogP contribution in [0.3, 0.4) is 0 Å². The molecule has 2 aromatic rings. The number of piperazine rings is 1. The van der Waals surface area contributed by atoms with Gasteiger partial charge in [0.05, 0.1) is 0 Å². The second-order valence-corrected chi connectivity index (χ2v) is 7.09. The van der Waals surface area contributed by atoms with Crippen molar-refractivity contribution in [3.05, 3.63) is 69.2 Å². The molecule has 116 valence electrons. The van der Waals surface area contributed by atoms with Gasteiger partial charge < -0.3 is 0 Å². The average molecular weight is 380 g/mol. The van der Waals surface area contributed by atoms with Crippen LogP contribution in [-0.2, 0) is 13.1 Å². The standard InChI is InChI=1S/C18H20BrClN2/c19-17-7-5-15(6-8-17)13-21-9-11-22(12-10-21)14-16-3-1-2-4-18(16)20/h1-8H,9-14H2. The monoisotopic (exact) mass is 378 g/mol. The van der Waals surface area contributed by atoms with Crippen molar-refractivity contribution >= 4 is 27.5 Å². The molecule has 1 aliphatic rings. The molecule has 1 aliphatic heterocycles. The van der Waals surface area contributed by atoms with Crippen LogP contribution in [-0.4, -0.2) is 36.0 Å². The van der Waals surface area contributed by atoms with E-state index >= 15 is 0 Å². The minimum Gasteiger partial charge on any atom is -0.297 e. The first kappa shape index (κ1) is 16.0. The van der Waals surface area contributed by atoms with Crippen LogP contribution < -0.4 is 0 Å². The Morgan fingerprint density at radius 2 is 1.41 bits per heavy atom. The van der Waals surface area contributed by atoms with Crippen LogP contribution in [0.4, 0.5) is 0 Å². The van der Waals surface area contributed by atoms with Crippen LogP contribution >= 0.6 is 27.5 Å². The van der Waals surface area contributed by atoms with Crippen molar-refractivity contribution in [3.63, 3.8) is 0 Å². The molecule has 1 heterocycles. The molecule has 0 N–H and O–H groups in total. The van der Waals surface area contributed by atoms with E-state index in [9.17, 15) is 0 Å². The molecule has 0 aromatic heterocycles. The Bertz CT molecular complexity index is 607. The predicted octanol–water partition coefficient (Wildman–Crippen LogP) is 4.42. The molecule has 0 amide bonds. The summed E-state index contributed by atoms with van der Waals surface area (Å²) in [5.41, 5.74) is 2.60. The van der Waals surface area contributed by atoms with E-state index in [0.29, 0.717) is 0 Å². The summed E-state index contributed by atoms with van der Waals surface area (Å²) in [7, 11) is 0. The normalized spacial score (nSPS) is 16.8. The molecule has 4 heteroatoms. The summed E-state index contributed by atoms with van der Waals surface area (Å²) in [6.07, 6.45) is 0. The molecule has 2 nitrogen and oxygen atoms in total. The van der Waals surface area contributed by atoms with Gasteiger partial charge in [-0.25, -0.2) is 0 Å². The maximum absolute atomic E-state index is 6.25. The van der Waals surface area contributed by atoms with Crippen LogP contribution in [0.1, 0.15) is 11.1 Å². The summed E-state index contributed by atoms with van der Waals surface area (Å²) in [5.74, 6) is 0. The van der Waals surface area contributed by atoms with Crippen LogP contribution in [0, 0.1) is 0 Å². The minimum absolute atomic E-state index is 0.875. The highest BCUT2D eigenvalue weighted by molar-refractivity contribution is 9.10. The topological polar surface area (TPSA) is 6.48 Å². The lowest BCUT2D eigenvalue weighted by molar-refractivity contribution is 0.122. The van der Waals surface area contributed by atoms with E-state index in [4.69, 9.17) is 11.6 Å². The molecule has 0 bridgehead atoms. The molecule has 0 saturated carbocycles. The zero-order valence-electron chi connectivity index (χ0n) is 12.5. The van der Waals surface area contributed by atoms with E-state index in [1.165, 1.54) is 11.1 Å². The lowest BCUT2D eigenvalue weighted by Gasteiger charge is -2.34. The van der Waals surface area contributed by atoms with Crippen molar-refractivity contribution in [2.45, 2.75) is 13.1 Å². The Balaban J connectivity index is 1.50. The zero-order chi connectivity index (χ0) is 15.4. The fourth-order valence-corrected chi connectivity index (χ4v) is 3.28. The number of hydrogen-bond donors (Lipinski definition) is 0. The van der Waals surface area contributed by atoms with Crippen LogP contribution in [0.25, 0.3) is 0 Å². The first-order chi connectivity index (χ1) is 10.7. The second-order valence-electron chi connectivity index (χ2n) is 5.77. The predicted molar refractivity (Wildman–Crippen MR) is 96.1 cm³/mol. The van der Waals surface area contributed by atoms with Crippen molar-refractivity contribution in [2.75, 3.05) is 26.2 Å². The van der Waals surface area contributed by atoms with Gasteiger partial charge in [0, 0.05) is 48.8 Å². The Morgan fingerprint density at radius 3 is 2.05 bits per heavy atom. The third kappa shape index (κ3) is 4.32. The molecule has 0 aliphatic carbocycles. The smallest absolute Gasteiger partial charge is 0.0451 e. The van der Waals surface area contributed by atoms with Gasteiger partial charge in [-0.2, -0.15) is 0 Å². The van der Waals surface area contributed by atoms with Gasteiger partial charge in [-0.1, -0.05) is 57.9 Å². The van der Waals surface area contributed by atoms with Gasteiger partial charge in [-0.15, -0.1) is 0 Å². The fraction of sp³-hybridized carbons (Fsp3) is 0.333. The van der Waals surface area contributed by atoms with Crippen LogP contribution in [0.5, 0.6) is 0 Å². The van der Waals surface area contributed by atoms with Gasteiger partial charge in [0.2, 0.25) is 0 Å². The highest BCUT2D eigenvalue weighted by atomic mass is 79.9. The molecule has 0 unspecified atom stereocenters. The first-order valence-corrected chi connectivity index (χ1v) is 8.80. The molecule has 1 fully saturated rings. The van der Waals surface area contributed by atoms with E-state index in [1.807, 2.05) is 12.1 Å². The first-order valence-electron chi connectivity index (χ1n) is 7.63. The fourth-order valence-electron chi connectivity index (χ4n) is 2.82. The quantitative estimate of drug-likeness (QED) is 0.776. The number of benzene rings is 2. The van der Waals surface area contributed by atoms with Gasteiger partial charge in [-0.05, 0) is 29.3 Å². The van der Waals surface area contributed by atoms with Crippen LogP contribution in [0.15, 0.2) is 53.0 Å². The highest BCUT2D eigenvalue weighted by Gasteiger charge is 2.17. The minimum atomic E-state index is 0.875. The number of rotatable bonds is 4. The lowest BCUT2D eigenvalue weighted by Crippen LogP contribution is -2.45. The van der Waals surface area contributed by atoms with Gasteiger partial charge in [0.25, 0.3) is 0 Å². The van der Waals surface area contributed by atoms with Crippen molar-refractivity contribution in [1.82, 2.24) is 9.80 Å².